The number of carbonyl (C=O) groups is 2. The fourth-order valence-corrected chi connectivity index (χ4v) is 3.73. The lowest BCUT2D eigenvalue weighted by Gasteiger charge is -2.35. The van der Waals surface area contributed by atoms with Crippen molar-refractivity contribution in [2.45, 2.75) is 6.92 Å². The van der Waals surface area contributed by atoms with Gasteiger partial charge < -0.3 is 19.4 Å². The summed E-state index contributed by atoms with van der Waals surface area (Å²) in [7, 11) is 1.41. The van der Waals surface area contributed by atoms with Crippen LogP contribution in [0, 0.1) is 6.92 Å². The van der Waals surface area contributed by atoms with Crippen molar-refractivity contribution in [1.29, 1.82) is 0 Å². The number of piperazine rings is 1. The van der Waals surface area contributed by atoms with Gasteiger partial charge in [0.25, 0.3) is 5.91 Å². The molecular formula is C24H26N4O4. The number of amides is 1. The molecule has 4 rings (SSSR count). The highest BCUT2D eigenvalue weighted by Crippen LogP contribution is 2.22. The van der Waals surface area contributed by atoms with Gasteiger partial charge in [-0.05, 0) is 55.5 Å². The number of carbonyl (C=O) groups excluding carboxylic acids is 2. The van der Waals surface area contributed by atoms with Crippen LogP contribution < -0.4 is 10.2 Å². The van der Waals surface area contributed by atoms with E-state index in [4.69, 9.17) is 9.15 Å². The Labute approximate surface area is 186 Å². The molecule has 0 spiro atoms. The van der Waals surface area contributed by atoms with Crippen LogP contribution in [-0.2, 0) is 9.53 Å². The summed E-state index contributed by atoms with van der Waals surface area (Å²) in [4.78, 5) is 33.0. The van der Waals surface area contributed by atoms with E-state index in [0.717, 1.165) is 37.6 Å². The highest BCUT2D eigenvalue weighted by atomic mass is 16.5. The van der Waals surface area contributed by atoms with E-state index in [-0.39, 0.29) is 11.9 Å². The smallest absolute Gasteiger partial charge is 0.319 e. The van der Waals surface area contributed by atoms with E-state index in [9.17, 15) is 9.59 Å². The van der Waals surface area contributed by atoms with E-state index in [1.54, 1.807) is 24.5 Å². The topological polar surface area (TPSA) is 87.9 Å². The van der Waals surface area contributed by atoms with Gasteiger partial charge in [-0.25, -0.2) is 4.98 Å². The minimum absolute atomic E-state index is 0.204. The normalized spacial score (nSPS) is 14.2. The predicted octanol–water partition coefficient (Wildman–Crippen LogP) is 3.20. The highest BCUT2D eigenvalue weighted by Gasteiger charge is 2.19. The maximum Gasteiger partial charge on any atom is 0.319 e. The molecule has 8 heteroatoms. The van der Waals surface area contributed by atoms with E-state index >= 15 is 0 Å². The molecule has 0 bridgehead atoms. The third-order valence-electron chi connectivity index (χ3n) is 5.55. The van der Waals surface area contributed by atoms with Gasteiger partial charge in [-0.15, -0.1) is 0 Å². The number of anilines is 2. The molecule has 1 saturated heterocycles. The van der Waals surface area contributed by atoms with Crippen LogP contribution in [0.4, 0.5) is 11.4 Å². The van der Waals surface area contributed by atoms with Gasteiger partial charge in [-0.3, -0.25) is 14.5 Å². The number of esters is 1. The molecular weight excluding hydrogens is 408 g/mol. The monoisotopic (exact) mass is 434 g/mol. The molecule has 32 heavy (non-hydrogen) atoms. The Hall–Kier alpha value is -3.65. The Kier molecular flexibility index (Phi) is 6.51. The summed E-state index contributed by atoms with van der Waals surface area (Å²) in [5.74, 6) is 0.256. The molecule has 0 atom stereocenters. The van der Waals surface area contributed by atoms with Crippen LogP contribution in [0.15, 0.2) is 59.2 Å². The maximum absolute atomic E-state index is 12.7. The molecule has 166 valence electrons. The Morgan fingerprint density at radius 2 is 1.81 bits per heavy atom. The molecule has 3 aromatic rings. The molecule has 0 aliphatic carbocycles. The number of nitrogens with one attached hydrogen (secondary N) is 1. The zero-order chi connectivity index (χ0) is 22.5. The van der Waals surface area contributed by atoms with Gasteiger partial charge in [0.05, 0.1) is 31.2 Å². The standard InChI is InChI=1S/C24H26N4O4/c1-17-20(9-10-21(25-17)22-4-3-15-32-22)24(30)26-18-5-7-19(8-6-18)28-13-11-27(12-14-28)16-23(29)31-2/h3-10,15H,11-14,16H2,1-2H3,(H,26,30). The number of hydrogen-bond donors (Lipinski definition) is 1. The van der Waals surface area contributed by atoms with Gasteiger partial charge in [0, 0.05) is 37.6 Å². The van der Waals surface area contributed by atoms with Crippen molar-refractivity contribution in [3.63, 3.8) is 0 Å². The van der Waals surface area contributed by atoms with Crippen molar-refractivity contribution in [2.24, 2.45) is 0 Å². The fourth-order valence-electron chi connectivity index (χ4n) is 3.73. The zero-order valence-corrected chi connectivity index (χ0v) is 18.2. The Morgan fingerprint density at radius 1 is 1.06 bits per heavy atom. The molecule has 2 aromatic heterocycles. The molecule has 3 heterocycles. The van der Waals surface area contributed by atoms with Gasteiger partial charge in [-0.2, -0.15) is 0 Å². The first-order chi connectivity index (χ1) is 15.5. The minimum Gasteiger partial charge on any atom is -0.468 e. The molecule has 1 N–H and O–H groups in total. The highest BCUT2D eigenvalue weighted by molar-refractivity contribution is 6.05. The maximum atomic E-state index is 12.7. The fraction of sp³-hybridized carbons (Fsp3) is 0.292. The summed E-state index contributed by atoms with van der Waals surface area (Å²) in [6.07, 6.45) is 1.60. The third-order valence-corrected chi connectivity index (χ3v) is 5.55. The summed E-state index contributed by atoms with van der Waals surface area (Å²) in [5.41, 5.74) is 3.66. The van der Waals surface area contributed by atoms with E-state index in [0.29, 0.717) is 29.3 Å². The van der Waals surface area contributed by atoms with Crippen molar-refractivity contribution in [3.8, 4) is 11.5 Å². The second-order valence-electron chi connectivity index (χ2n) is 7.65. The van der Waals surface area contributed by atoms with Gasteiger partial charge >= 0.3 is 5.97 Å². The van der Waals surface area contributed by atoms with Crippen LogP contribution in [0.25, 0.3) is 11.5 Å². The molecule has 0 saturated carbocycles. The number of aryl methyl sites for hydroxylation is 1. The largest absolute Gasteiger partial charge is 0.468 e. The van der Waals surface area contributed by atoms with Gasteiger partial charge in [-0.1, -0.05) is 0 Å². The number of hydrogen-bond acceptors (Lipinski definition) is 7. The van der Waals surface area contributed by atoms with Crippen LogP contribution in [0.5, 0.6) is 0 Å². The lowest BCUT2D eigenvalue weighted by Crippen LogP contribution is -2.48. The van der Waals surface area contributed by atoms with Crippen LogP contribution in [0.2, 0.25) is 0 Å². The second-order valence-corrected chi connectivity index (χ2v) is 7.65. The Morgan fingerprint density at radius 3 is 2.44 bits per heavy atom. The van der Waals surface area contributed by atoms with Gasteiger partial charge in [0.2, 0.25) is 0 Å². The zero-order valence-electron chi connectivity index (χ0n) is 18.2. The van der Waals surface area contributed by atoms with Crippen molar-refractivity contribution in [2.75, 3.05) is 50.1 Å². The van der Waals surface area contributed by atoms with Crippen molar-refractivity contribution in [1.82, 2.24) is 9.88 Å². The number of aromatic nitrogens is 1. The van der Waals surface area contributed by atoms with Crippen LogP contribution in [0.1, 0.15) is 16.1 Å². The number of methoxy groups -OCH3 is 1. The molecule has 1 fully saturated rings. The van der Waals surface area contributed by atoms with E-state index in [2.05, 4.69) is 20.1 Å². The van der Waals surface area contributed by atoms with Crippen molar-refractivity contribution < 1.29 is 18.7 Å². The summed E-state index contributed by atoms with van der Waals surface area (Å²) in [6, 6.07) is 15.0. The third kappa shape index (κ3) is 4.97. The average molecular weight is 434 g/mol. The van der Waals surface area contributed by atoms with Gasteiger partial charge in [0.15, 0.2) is 5.76 Å². The van der Waals surface area contributed by atoms with Crippen LogP contribution in [-0.4, -0.2) is 61.6 Å². The molecule has 1 amide bonds. The number of rotatable bonds is 6. The number of benzene rings is 1. The van der Waals surface area contributed by atoms with E-state index < -0.39 is 0 Å². The number of furan rings is 1. The molecule has 1 aliphatic heterocycles. The molecule has 1 aliphatic rings. The summed E-state index contributed by atoms with van der Waals surface area (Å²) in [5, 5.41) is 2.94. The van der Waals surface area contributed by atoms with E-state index in [1.165, 1.54) is 7.11 Å². The second kappa shape index (κ2) is 9.65. The Bertz CT molecular complexity index is 1070. The number of nitrogens with zero attached hydrogens (tertiary/aromatic N) is 3. The van der Waals surface area contributed by atoms with E-state index in [1.807, 2.05) is 37.3 Å². The quantitative estimate of drug-likeness (QED) is 0.596. The minimum atomic E-state index is -0.209. The summed E-state index contributed by atoms with van der Waals surface area (Å²) >= 11 is 0. The average Bonchev–Trinajstić information content (AvgIpc) is 3.35. The first-order valence-electron chi connectivity index (χ1n) is 10.5. The van der Waals surface area contributed by atoms with Crippen molar-refractivity contribution in [3.05, 3.63) is 66.1 Å². The number of pyridine rings is 1. The first kappa shape index (κ1) is 21.6. The lowest BCUT2D eigenvalue weighted by molar-refractivity contribution is -0.142. The first-order valence-corrected chi connectivity index (χ1v) is 10.5. The lowest BCUT2D eigenvalue weighted by atomic mass is 10.1. The molecule has 8 nitrogen and oxygen atoms in total. The van der Waals surface area contributed by atoms with Crippen LogP contribution >= 0.6 is 0 Å². The molecule has 1 aromatic carbocycles. The number of ether oxygens (including phenoxy) is 1. The summed E-state index contributed by atoms with van der Waals surface area (Å²) in [6.45, 7) is 5.39. The summed E-state index contributed by atoms with van der Waals surface area (Å²) < 4.78 is 10.1. The molecule has 0 radical (unpaired) electrons. The Balaban J connectivity index is 1.35. The molecule has 0 unspecified atom stereocenters. The van der Waals surface area contributed by atoms with Crippen LogP contribution in [0.3, 0.4) is 0 Å². The SMILES string of the molecule is COC(=O)CN1CCN(c2ccc(NC(=O)c3ccc(-c4ccco4)nc3C)cc2)CC1. The van der Waals surface area contributed by atoms with Gasteiger partial charge in [0.1, 0.15) is 5.69 Å². The predicted molar refractivity (Wildman–Crippen MR) is 122 cm³/mol. The van der Waals surface area contributed by atoms with Crippen molar-refractivity contribution >= 4 is 23.3 Å².